The van der Waals surface area contributed by atoms with Gasteiger partial charge in [0.2, 0.25) is 4.38 Å². The molecule has 1 aliphatic heterocycles. The van der Waals surface area contributed by atoms with Crippen LogP contribution in [-0.2, 0) is 4.74 Å². The van der Waals surface area contributed by atoms with E-state index in [-0.39, 0.29) is 0 Å². The average Bonchev–Trinajstić information content (AvgIpc) is 2.63. The third-order valence-corrected chi connectivity index (χ3v) is 4.10. The first-order valence-electron chi connectivity index (χ1n) is 6.16. The molecule has 0 saturated carbocycles. The van der Waals surface area contributed by atoms with E-state index in [1.165, 1.54) is 51.4 Å². The quantitative estimate of drug-likeness (QED) is 0.459. The Hall–Kier alpha value is 0.240. The molecule has 1 saturated heterocycles. The molecule has 1 aliphatic rings. The van der Waals surface area contributed by atoms with Gasteiger partial charge in [-0.05, 0) is 25.1 Å². The summed E-state index contributed by atoms with van der Waals surface area (Å²) in [6.45, 7) is 2.26. The molecule has 0 aliphatic carbocycles. The van der Waals surface area contributed by atoms with Crippen molar-refractivity contribution in [3.63, 3.8) is 0 Å². The monoisotopic (exact) mass is 246 g/mol. The van der Waals surface area contributed by atoms with Gasteiger partial charge in [-0.1, -0.05) is 57.2 Å². The van der Waals surface area contributed by atoms with Crippen molar-refractivity contribution >= 4 is 28.4 Å². The van der Waals surface area contributed by atoms with E-state index in [1.807, 2.05) is 0 Å². The van der Waals surface area contributed by atoms with Gasteiger partial charge in [-0.2, -0.15) is 0 Å². The van der Waals surface area contributed by atoms with Gasteiger partial charge < -0.3 is 4.74 Å². The Labute approximate surface area is 103 Å². The number of hydrogen-bond acceptors (Lipinski definition) is 3. The second kappa shape index (κ2) is 8.40. The van der Waals surface area contributed by atoms with Gasteiger partial charge in [-0.3, -0.25) is 0 Å². The Bertz CT molecular complexity index is 182. The van der Waals surface area contributed by atoms with Crippen molar-refractivity contribution < 1.29 is 4.74 Å². The van der Waals surface area contributed by atoms with Crippen molar-refractivity contribution in [3.8, 4) is 0 Å². The maximum Gasteiger partial charge on any atom is 0.220 e. The molecule has 0 bridgehead atoms. The van der Waals surface area contributed by atoms with Crippen LogP contribution in [0, 0.1) is 0 Å². The van der Waals surface area contributed by atoms with E-state index >= 15 is 0 Å². The molecule has 1 nitrogen and oxygen atoms in total. The molecule has 1 unspecified atom stereocenters. The van der Waals surface area contributed by atoms with Crippen LogP contribution >= 0.6 is 24.0 Å². The van der Waals surface area contributed by atoms with Crippen LogP contribution in [0.4, 0.5) is 0 Å². The highest BCUT2D eigenvalue weighted by Gasteiger charge is 2.20. The van der Waals surface area contributed by atoms with Crippen LogP contribution in [0.2, 0.25) is 0 Å². The molecule has 15 heavy (non-hydrogen) atoms. The van der Waals surface area contributed by atoms with Crippen LogP contribution in [0.15, 0.2) is 0 Å². The molecular formula is C12H22OS2. The van der Waals surface area contributed by atoms with E-state index < -0.39 is 0 Å². The number of unbranched alkanes of at least 4 members (excludes halogenated alkanes) is 6. The van der Waals surface area contributed by atoms with Gasteiger partial charge in [-0.15, -0.1) is 0 Å². The van der Waals surface area contributed by atoms with Crippen molar-refractivity contribution in [2.75, 3.05) is 5.75 Å². The molecule has 1 atom stereocenters. The summed E-state index contributed by atoms with van der Waals surface area (Å²) in [5.41, 5.74) is 0. The molecule has 1 rings (SSSR count). The molecule has 1 fully saturated rings. The highest BCUT2D eigenvalue weighted by Crippen LogP contribution is 2.23. The van der Waals surface area contributed by atoms with Crippen molar-refractivity contribution in [2.24, 2.45) is 0 Å². The van der Waals surface area contributed by atoms with Crippen LogP contribution in [0.1, 0.15) is 58.3 Å². The van der Waals surface area contributed by atoms with Gasteiger partial charge in [-0.25, -0.2) is 0 Å². The molecule has 3 heteroatoms. The summed E-state index contributed by atoms with van der Waals surface area (Å²) in [6.07, 6.45) is 11.2. The van der Waals surface area contributed by atoms with Gasteiger partial charge in [0.1, 0.15) is 6.10 Å². The van der Waals surface area contributed by atoms with Crippen LogP contribution in [-0.4, -0.2) is 16.2 Å². The van der Waals surface area contributed by atoms with Gasteiger partial charge in [0.15, 0.2) is 0 Å². The van der Waals surface area contributed by atoms with Crippen molar-refractivity contribution in [1.29, 1.82) is 0 Å². The molecule has 1 heterocycles. The Morgan fingerprint density at radius 2 is 1.87 bits per heavy atom. The minimum atomic E-state index is 0.415. The lowest BCUT2D eigenvalue weighted by Crippen LogP contribution is -2.08. The predicted molar refractivity (Wildman–Crippen MR) is 72.5 cm³/mol. The molecule has 0 N–H and O–H groups in total. The first-order valence-corrected chi connectivity index (χ1v) is 7.55. The summed E-state index contributed by atoms with van der Waals surface area (Å²) < 4.78 is 6.25. The highest BCUT2D eigenvalue weighted by molar-refractivity contribution is 8.22. The number of hydrogen-bond donors (Lipinski definition) is 0. The fraction of sp³-hybridized carbons (Fsp3) is 0.917. The van der Waals surface area contributed by atoms with E-state index in [9.17, 15) is 0 Å². The largest absolute Gasteiger partial charge is 0.474 e. The van der Waals surface area contributed by atoms with Crippen LogP contribution < -0.4 is 0 Å². The summed E-state index contributed by atoms with van der Waals surface area (Å²) in [4.78, 5) is 0. The molecule has 0 amide bonds. The Kier molecular flexibility index (Phi) is 7.45. The van der Waals surface area contributed by atoms with Crippen LogP contribution in [0.5, 0.6) is 0 Å². The third kappa shape index (κ3) is 6.41. The topological polar surface area (TPSA) is 9.23 Å². The lowest BCUT2D eigenvalue weighted by atomic mass is 10.1. The summed E-state index contributed by atoms with van der Waals surface area (Å²) in [6, 6.07) is 0. The molecular weight excluding hydrogens is 224 g/mol. The second-order valence-electron chi connectivity index (χ2n) is 4.21. The maximum atomic E-state index is 5.50. The minimum absolute atomic E-state index is 0.415. The van der Waals surface area contributed by atoms with Gasteiger partial charge in [0.25, 0.3) is 0 Å². The van der Waals surface area contributed by atoms with E-state index in [0.717, 1.165) is 10.1 Å². The molecule has 0 radical (unpaired) electrons. The summed E-state index contributed by atoms with van der Waals surface area (Å²) in [5, 5.41) is 0. The van der Waals surface area contributed by atoms with Crippen molar-refractivity contribution in [1.82, 2.24) is 0 Å². The number of thiocarbonyl (C=S) groups is 1. The fourth-order valence-electron chi connectivity index (χ4n) is 1.84. The minimum Gasteiger partial charge on any atom is -0.474 e. The highest BCUT2D eigenvalue weighted by atomic mass is 32.2. The summed E-state index contributed by atoms with van der Waals surface area (Å²) in [5.74, 6) is 1.08. The Balaban J connectivity index is 1.83. The second-order valence-corrected chi connectivity index (χ2v) is 5.83. The number of ether oxygens (including phenoxy) is 1. The van der Waals surface area contributed by atoms with Gasteiger partial charge in [0, 0.05) is 5.75 Å². The first-order chi connectivity index (χ1) is 7.33. The van der Waals surface area contributed by atoms with Gasteiger partial charge in [0.05, 0.1) is 0 Å². The fourth-order valence-corrected chi connectivity index (χ4v) is 2.94. The summed E-state index contributed by atoms with van der Waals surface area (Å²) in [7, 11) is 0. The number of thioether (sulfide) groups is 1. The predicted octanol–water partition coefficient (Wildman–Crippen LogP) is 4.54. The zero-order valence-electron chi connectivity index (χ0n) is 9.67. The third-order valence-electron chi connectivity index (χ3n) is 2.78. The smallest absolute Gasteiger partial charge is 0.220 e. The van der Waals surface area contributed by atoms with Gasteiger partial charge >= 0.3 is 0 Å². The Morgan fingerprint density at radius 1 is 1.20 bits per heavy atom. The lowest BCUT2D eigenvalue weighted by Gasteiger charge is -2.08. The molecule has 0 aromatic heterocycles. The zero-order chi connectivity index (χ0) is 10.9. The zero-order valence-corrected chi connectivity index (χ0v) is 11.3. The first kappa shape index (κ1) is 13.3. The van der Waals surface area contributed by atoms with Crippen LogP contribution in [0.3, 0.4) is 0 Å². The molecule has 88 valence electrons. The van der Waals surface area contributed by atoms with Crippen molar-refractivity contribution in [3.05, 3.63) is 0 Å². The SMILES string of the molecule is CCCCCCCCCC1CSC(=S)O1. The maximum absolute atomic E-state index is 5.50. The standard InChI is InChI=1S/C12H22OS2/c1-2-3-4-5-6-7-8-9-11-10-15-12(14)13-11/h11H,2-10H2,1H3. The van der Waals surface area contributed by atoms with E-state index in [2.05, 4.69) is 6.92 Å². The lowest BCUT2D eigenvalue weighted by molar-refractivity contribution is 0.219. The molecule has 0 aromatic rings. The van der Waals surface area contributed by atoms with E-state index in [4.69, 9.17) is 17.0 Å². The van der Waals surface area contributed by atoms with E-state index in [0.29, 0.717) is 6.10 Å². The average molecular weight is 246 g/mol. The van der Waals surface area contributed by atoms with E-state index in [1.54, 1.807) is 11.8 Å². The number of rotatable bonds is 8. The molecule has 0 spiro atoms. The van der Waals surface area contributed by atoms with Crippen molar-refractivity contribution in [2.45, 2.75) is 64.4 Å². The van der Waals surface area contributed by atoms with Crippen LogP contribution in [0.25, 0.3) is 0 Å². The summed E-state index contributed by atoms with van der Waals surface area (Å²) >= 11 is 6.68. The Morgan fingerprint density at radius 3 is 2.47 bits per heavy atom. The normalized spacial score (nSPS) is 20.6. The molecule has 0 aromatic carbocycles.